The summed E-state index contributed by atoms with van der Waals surface area (Å²) in [4.78, 5) is 34.0. The molecule has 2 aliphatic carbocycles. The predicted octanol–water partition coefficient (Wildman–Crippen LogP) is -0.986. The molecular weight excluding hydrogens is 240 g/mol. The van der Waals surface area contributed by atoms with E-state index in [4.69, 9.17) is 10.8 Å². The van der Waals surface area contributed by atoms with Gasteiger partial charge in [0, 0.05) is 5.92 Å². The smallest absolute Gasteiger partial charge is 0.329 e. The average Bonchev–Trinajstić information content (AvgIpc) is 2.89. The zero-order valence-corrected chi connectivity index (χ0v) is 9.92. The molecule has 100 valence electrons. The van der Waals surface area contributed by atoms with Gasteiger partial charge in [-0.2, -0.15) is 0 Å². The van der Waals surface area contributed by atoms with Crippen molar-refractivity contribution in [3.8, 4) is 0 Å². The summed E-state index contributed by atoms with van der Waals surface area (Å²) in [7, 11) is 0. The van der Waals surface area contributed by atoms with E-state index >= 15 is 0 Å². The molecule has 2 fully saturated rings. The summed E-state index contributed by atoms with van der Waals surface area (Å²) in [5, 5.41) is 20.8. The monoisotopic (exact) mass is 256 g/mol. The molecular formula is C11H16N2O5. The van der Waals surface area contributed by atoms with E-state index in [1.807, 2.05) is 0 Å². The van der Waals surface area contributed by atoms with Crippen molar-refractivity contribution in [2.45, 2.75) is 31.3 Å². The molecule has 2 saturated carbocycles. The normalized spacial score (nSPS) is 38.7. The molecule has 0 bridgehead atoms. The first-order chi connectivity index (χ1) is 8.31. The molecule has 2 aliphatic rings. The lowest BCUT2D eigenvalue weighted by Gasteiger charge is -2.29. The van der Waals surface area contributed by atoms with Crippen LogP contribution in [0.15, 0.2) is 0 Å². The maximum Gasteiger partial charge on any atom is 0.329 e. The van der Waals surface area contributed by atoms with Gasteiger partial charge in [0.2, 0.25) is 5.91 Å². The molecule has 0 heterocycles. The number of carboxylic acids is 2. The van der Waals surface area contributed by atoms with Gasteiger partial charge in [0.05, 0.1) is 12.0 Å². The van der Waals surface area contributed by atoms with E-state index in [2.05, 4.69) is 5.32 Å². The van der Waals surface area contributed by atoms with Crippen molar-refractivity contribution in [3.63, 3.8) is 0 Å². The molecule has 7 nitrogen and oxygen atoms in total. The van der Waals surface area contributed by atoms with Crippen molar-refractivity contribution < 1.29 is 24.6 Å². The summed E-state index contributed by atoms with van der Waals surface area (Å²) in [5.41, 5.74) is 3.95. The number of rotatable bonds is 4. The van der Waals surface area contributed by atoms with Crippen LogP contribution in [0, 0.1) is 17.8 Å². The number of hydrogen-bond donors (Lipinski definition) is 4. The SMILES string of the molecule is CC(N)C(=O)N[C@@]1(C(=O)O)CC[C@H]2[C@H](C(=O)O)[C@H]21. The van der Waals surface area contributed by atoms with E-state index in [-0.39, 0.29) is 12.3 Å². The van der Waals surface area contributed by atoms with Gasteiger partial charge < -0.3 is 21.3 Å². The molecule has 2 rings (SSSR count). The summed E-state index contributed by atoms with van der Waals surface area (Å²) in [6, 6.07) is -0.817. The van der Waals surface area contributed by atoms with Crippen LogP contribution in [0.2, 0.25) is 0 Å². The minimum absolute atomic E-state index is 0.146. The van der Waals surface area contributed by atoms with E-state index in [1.54, 1.807) is 0 Å². The van der Waals surface area contributed by atoms with Gasteiger partial charge in [0.1, 0.15) is 5.54 Å². The largest absolute Gasteiger partial charge is 0.481 e. The van der Waals surface area contributed by atoms with Crippen molar-refractivity contribution in [2.75, 3.05) is 0 Å². The molecule has 0 aromatic heterocycles. The van der Waals surface area contributed by atoms with E-state index in [0.717, 1.165) is 0 Å². The number of hydrogen-bond acceptors (Lipinski definition) is 4. The van der Waals surface area contributed by atoms with Gasteiger partial charge in [-0.05, 0) is 25.7 Å². The Kier molecular flexibility index (Phi) is 2.81. The molecule has 0 aromatic rings. The van der Waals surface area contributed by atoms with E-state index in [9.17, 15) is 19.5 Å². The summed E-state index contributed by atoms with van der Waals surface area (Å²) >= 11 is 0. The Morgan fingerprint density at radius 2 is 2.00 bits per heavy atom. The Bertz CT molecular complexity index is 422. The number of nitrogens with one attached hydrogen (secondary N) is 1. The second kappa shape index (κ2) is 3.94. The van der Waals surface area contributed by atoms with Crippen LogP contribution in [0.1, 0.15) is 19.8 Å². The standard InChI is InChI=1S/C11H16N2O5/c1-4(12)8(14)13-11(10(17)18)3-2-5-6(7(5)11)9(15)16/h4-7H,2-3,12H2,1H3,(H,13,14)(H,15,16)(H,17,18)/t4?,5-,6-,7-,11-/m0/s1. The van der Waals surface area contributed by atoms with Gasteiger partial charge in [0.15, 0.2) is 0 Å². The minimum Gasteiger partial charge on any atom is -0.481 e. The van der Waals surface area contributed by atoms with Crippen LogP contribution < -0.4 is 11.1 Å². The molecule has 0 spiro atoms. The highest BCUT2D eigenvalue weighted by molar-refractivity contribution is 5.92. The number of nitrogens with two attached hydrogens (primary N) is 1. The van der Waals surface area contributed by atoms with Gasteiger partial charge in [-0.25, -0.2) is 4.79 Å². The first kappa shape index (κ1) is 12.8. The van der Waals surface area contributed by atoms with Crippen LogP contribution in [0.5, 0.6) is 0 Å². The van der Waals surface area contributed by atoms with Gasteiger partial charge in [-0.15, -0.1) is 0 Å². The second-order valence-electron chi connectivity index (χ2n) is 5.15. The number of carboxylic acid groups (broad SMARTS) is 2. The highest BCUT2D eigenvalue weighted by Gasteiger charge is 2.72. The molecule has 5 atom stereocenters. The number of aliphatic carboxylic acids is 2. The average molecular weight is 256 g/mol. The van der Waals surface area contributed by atoms with Crippen LogP contribution in [0.3, 0.4) is 0 Å². The zero-order valence-electron chi connectivity index (χ0n) is 9.92. The molecule has 0 radical (unpaired) electrons. The Morgan fingerprint density at radius 3 is 2.39 bits per heavy atom. The van der Waals surface area contributed by atoms with Crippen molar-refractivity contribution in [2.24, 2.45) is 23.5 Å². The Hall–Kier alpha value is -1.63. The van der Waals surface area contributed by atoms with Crippen molar-refractivity contribution >= 4 is 17.8 Å². The predicted molar refractivity (Wildman–Crippen MR) is 59.5 cm³/mol. The van der Waals surface area contributed by atoms with E-state index in [0.29, 0.717) is 6.42 Å². The van der Waals surface area contributed by atoms with Gasteiger partial charge in [-0.3, -0.25) is 9.59 Å². The summed E-state index contributed by atoms with van der Waals surface area (Å²) in [6.45, 7) is 1.46. The fraction of sp³-hybridized carbons (Fsp3) is 0.727. The maximum absolute atomic E-state index is 11.6. The molecule has 0 saturated heterocycles. The summed E-state index contributed by atoms with van der Waals surface area (Å²) in [5.74, 6) is -4.06. The molecule has 0 aromatic carbocycles. The highest BCUT2D eigenvalue weighted by atomic mass is 16.4. The third-order valence-corrected chi connectivity index (χ3v) is 4.04. The van der Waals surface area contributed by atoms with Crippen LogP contribution in [0.25, 0.3) is 0 Å². The number of fused-ring (bicyclic) bond motifs is 1. The number of amides is 1. The second-order valence-corrected chi connectivity index (χ2v) is 5.15. The Labute approximate surface area is 103 Å². The first-order valence-electron chi connectivity index (χ1n) is 5.85. The lowest BCUT2D eigenvalue weighted by Crippen LogP contribution is -2.58. The van der Waals surface area contributed by atoms with E-state index < -0.39 is 41.3 Å². The van der Waals surface area contributed by atoms with Crippen LogP contribution >= 0.6 is 0 Å². The van der Waals surface area contributed by atoms with Gasteiger partial charge in [0.25, 0.3) is 0 Å². The Balaban J connectivity index is 2.22. The summed E-state index contributed by atoms with van der Waals surface area (Å²) < 4.78 is 0. The molecule has 7 heteroatoms. The molecule has 18 heavy (non-hydrogen) atoms. The van der Waals surface area contributed by atoms with Crippen LogP contribution in [0.4, 0.5) is 0 Å². The number of carbonyl (C=O) groups excluding carboxylic acids is 1. The minimum atomic E-state index is -1.46. The third kappa shape index (κ3) is 1.66. The first-order valence-corrected chi connectivity index (χ1v) is 5.85. The fourth-order valence-corrected chi connectivity index (χ4v) is 3.09. The van der Waals surface area contributed by atoms with Crippen LogP contribution in [-0.2, 0) is 14.4 Å². The van der Waals surface area contributed by atoms with Crippen molar-refractivity contribution in [1.82, 2.24) is 5.32 Å². The molecule has 0 aliphatic heterocycles. The van der Waals surface area contributed by atoms with E-state index in [1.165, 1.54) is 6.92 Å². The molecule has 1 unspecified atom stereocenters. The topological polar surface area (TPSA) is 130 Å². The fourth-order valence-electron chi connectivity index (χ4n) is 3.09. The summed E-state index contributed by atoms with van der Waals surface area (Å²) in [6.07, 6.45) is 0.771. The van der Waals surface area contributed by atoms with Crippen molar-refractivity contribution in [3.05, 3.63) is 0 Å². The lowest BCUT2D eigenvalue weighted by atomic mass is 9.90. The third-order valence-electron chi connectivity index (χ3n) is 4.04. The molecule has 1 amide bonds. The van der Waals surface area contributed by atoms with Crippen LogP contribution in [-0.4, -0.2) is 39.6 Å². The van der Waals surface area contributed by atoms with Crippen molar-refractivity contribution in [1.29, 1.82) is 0 Å². The molecule has 5 N–H and O–H groups in total. The van der Waals surface area contributed by atoms with Gasteiger partial charge >= 0.3 is 11.9 Å². The quantitative estimate of drug-likeness (QED) is 0.511. The zero-order chi connectivity index (χ0) is 13.7. The number of carbonyl (C=O) groups is 3. The Morgan fingerprint density at radius 1 is 1.39 bits per heavy atom. The highest BCUT2D eigenvalue weighted by Crippen LogP contribution is 2.62. The lowest BCUT2D eigenvalue weighted by molar-refractivity contribution is -0.150. The maximum atomic E-state index is 11.6. The van der Waals surface area contributed by atoms with Gasteiger partial charge in [-0.1, -0.05) is 0 Å².